The maximum atomic E-state index is 9.40. The van der Waals surface area contributed by atoms with Gasteiger partial charge in [-0.3, -0.25) is 15.0 Å². The molecule has 3 aromatic rings. The summed E-state index contributed by atoms with van der Waals surface area (Å²) in [5, 5.41) is 9.40. The van der Waals surface area contributed by atoms with E-state index in [1.807, 2.05) is 37.3 Å². The van der Waals surface area contributed by atoms with E-state index in [9.17, 15) is 5.26 Å². The lowest BCUT2D eigenvalue weighted by Crippen LogP contribution is -1.93. The fraction of sp³-hybridized carbons (Fsp3) is 0.0588. The Kier molecular flexibility index (Phi) is 3.40. The van der Waals surface area contributed by atoms with Gasteiger partial charge in [0.1, 0.15) is 6.07 Å². The van der Waals surface area contributed by atoms with Crippen LogP contribution in [0.25, 0.3) is 22.4 Å². The van der Waals surface area contributed by atoms with Gasteiger partial charge in [-0.15, -0.1) is 0 Å². The van der Waals surface area contributed by atoms with Gasteiger partial charge in [-0.1, -0.05) is 6.07 Å². The van der Waals surface area contributed by atoms with E-state index in [-0.39, 0.29) is 0 Å². The minimum atomic E-state index is 0.543. The Morgan fingerprint density at radius 2 is 1.81 bits per heavy atom. The SMILES string of the molecule is Cc1ncccc1-c1cnc(-c2ccncc2)c(C#N)c1. The molecule has 4 heteroatoms. The maximum absolute atomic E-state index is 9.40. The largest absolute Gasteiger partial charge is 0.265 e. The molecule has 0 bridgehead atoms. The molecule has 100 valence electrons. The van der Waals surface area contributed by atoms with Crippen molar-refractivity contribution in [2.24, 2.45) is 0 Å². The molecule has 3 aromatic heterocycles. The van der Waals surface area contributed by atoms with E-state index in [2.05, 4.69) is 21.0 Å². The smallest absolute Gasteiger partial charge is 0.101 e. The number of aryl methyl sites for hydroxylation is 1. The highest BCUT2D eigenvalue weighted by Crippen LogP contribution is 2.27. The highest BCUT2D eigenvalue weighted by molar-refractivity contribution is 5.73. The zero-order chi connectivity index (χ0) is 14.7. The van der Waals surface area contributed by atoms with E-state index >= 15 is 0 Å². The van der Waals surface area contributed by atoms with Crippen molar-refractivity contribution < 1.29 is 0 Å². The highest BCUT2D eigenvalue weighted by Gasteiger charge is 2.10. The fourth-order valence-electron chi connectivity index (χ4n) is 2.23. The summed E-state index contributed by atoms with van der Waals surface area (Å²) in [7, 11) is 0. The fourth-order valence-corrected chi connectivity index (χ4v) is 2.23. The van der Waals surface area contributed by atoms with Gasteiger partial charge in [0.15, 0.2) is 0 Å². The first kappa shape index (κ1) is 12.9. The van der Waals surface area contributed by atoms with Gasteiger partial charge >= 0.3 is 0 Å². The number of nitrogens with zero attached hydrogens (tertiary/aromatic N) is 4. The summed E-state index contributed by atoms with van der Waals surface area (Å²) in [6.07, 6.45) is 6.91. The predicted octanol–water partition coefficient (Wildman–Crippen LogP) is 3.39. The van der Waals surface area contributed by atoms with Crippen LogP contribution < -0.4 is 0 Å². The Morgan fingerprint density at radius 1 is 1.00 bits per heavy atom. The molecule has 0 aliphatic carbocycles. The molecule has 3 heterocycles. The van der Waals surface area contributed by atoms with Gasteiger partial charge in [-0.25, -0.2) is 0 Å². The number of rotatable bonds is 2. The van der Waals surface area contributed by atoms with Crippen molar-refractivity contribution in [3.8, 4) is 28.5 Å². The van der Waals surface area contributed by atoms with Gasteiger partial charge in [-0.2, -0.15) is 5.26 Å². The van der Waals surface area contributed by atoms with Crippen molar-refractivity contribution in [1.29, 1.82) is 5.26 Å². The Hall–Kier alpha value is -3.06. The van der Waals surface area contributed by atoms with Crippen LogP contribution in [0.4, 0.5) is 0 Å². The average Bonchev–Trinajstić information content (AvgIpc) is 2.55. The summed E-state index contributed by atoms with van der Waals surface area (Å²) in [5.74, 6) is 0. The molecule has 0 radical (unpaired) electrons. The van der Waals surface area contributed by atoms with Crippen LogP contribution in [0.1, 0.15) is 11.3 Å². The van der Waals surface area contributed by atoms with Crippen LogP contribution in [0, 0.1) is 18.3 Å². The van der Waals surface area contributed by atoms with Crippen LogP contribution >= 0.6 is 0 Å². The zero-order valence-electron chi connectivity index (χ0n) is 11.5. The minimum Gasteiger partial charge on any atom is -0.265 e. The third-order valence-electron chi connectivity index (χ3n) is 3.28. The van der Waals surface area contributed by atoms with Gasteiger partial charge in [0.25, 0.3) is 0 Å². The first-order valence-electron chi connectivity index (χ1n) is 6.52. The number of pyridine rings is 3. The molecule has 0 saturated heterocycles. The second-order valence-corrected chi connectivity index (χ2v) is 4.60. The van der Waals surface area contributed by atoms with Crippen LogP contribution in [0.3, 0.4) is 0 Å². The topological polar surface area (TPSA) is 62.5 Å². The summed E-state index contributed by atoms with van der Waals surface area (Å²) in [6.45, 7) is 1.94. The third-order valence-corrected chi connectivity index (χ3v) is 3.28. The van der Waals surface area contributed by atoms with E-state index in [4.69, 9.17) is 0 Å². The van der Waals surface area contributed by atoms with Gasteiger partial charge in [0.05, 0.1) is 11.3 Å². The van der Waals surface area contributed by atoms with Crippen LogP contribution in [-0.2, 0) is 0 Å². The van der Waals surface area contributed by atoms with E-state index in [1.165, 1.54) is 0 Å². The molecule has 0 aromatic carbocycles. The molecule has 0 spiro atoms. The van der Waals surface area contributed by atoms with Crippen LogP contribution in [-0.4, -0.2) is 15.0 Å². The molecule has 0 fully saturated rings. The average molecular weight is 272 g/mol. The summed E-state index contributed by atoms with van der Waals surface area (Å²) in [4.78, 5) is 12.7. The highest BCUT2D eigenvalue weighted by atomic mass is 14.7. The first-order valence-corrected chi connectivity index (χ1v) is 6.52. The summed E-state index contributed by atoms with van der Waals surface area (Å²) in [6, 6.07) is 11.6. The Labute approximate surface area is 122 Å². The normalized spacial score (nSPS) is 10.1. The lowest BCUT2D eigenvalue weighted by atomic mass is 10.0. The van der Waals surface area contributed by atoms with Gasteiger partial charge in [0.2, 0.25) is 0 Å². The number of aromatic nitrogens is 3. The summed E-state index contributed by atoms with van der Waals surface area (Å²) >= 11 is 0. The van der Waals surface area contributed by atoms with Crippen molar-refractivity contribution >= 4 is 0 Å². The second kappa shape index (κ2) is 5.51. The third kappa shape index (κ3) is 2.49. The van der Waals surface area contributed by atoms with Crippen molar-refractivity contribution in [3.63, 3.8) is 0 Å². The lowest BCUT2D eigenvalue weighted by Gasteiger charge is -2.08. The van der Waals surface area contributed by atoms with E-state index in [1.54, 1.807) is 24.8 Å². The number of hydrogen-bond donors (Lipinski definition) is 0. The van der Waals surface area contributed by atoms with Gasteiger partial charge < -0.3 is 0 Å². The van der Waals surface area contributed by atoms with Crippen LogP contribution in [0.15, 0.2) is 55.1 Å². The zero-order valence-corrected chi connectivity index (χ0v) is 11.5. The molecule has 0 aliphatic heterocycles. The molecular formula is C17H12N4. The minimum absolute atomic E-state index is 0.543. The Balaban J connectivity index is 2.13. The molecule has 0 unspecified atom stereocenters. The quantitative estimate of drug-likeness (QED) is 0.717. The molecular weight excluding hydrogens is 260 g/mol. The van der Waals surface area contributed by atoms with E-state index < -0.39 is 0 Å². The predicted molar refractivity (Wildman–Crippen MR) is 80.2 cm³/mol. The lowest BCUT2D eigenvalue weighted by molar-refractivity contribution is 1.20. The molecule has 0 amide bonds. The van der Waals surface area contributed by atoms with Crippen molar-refractivity contribution in [2.45, 2.75) is 6.92 Å². The monoisotopic (exact) mass is 272 g/mol. The Bertz CT molecular complexity index is 820. The van der Waals surface area contributed by atoms with E-state index in [0.717, 1.165) is 22.4 Å². The molecule has 4 nitrogen and oxygen atoms in total. The van der Waals surface area contributed by atoms with Crippen LogP contribution in [0.2, 0.25) is 0 Å². The number of nitriles is 1. The van der Waals surface area contributed by atoms with Crippen molar-refractivity contribution in [2.75, 3.05) is 0 Å². The maximum Gasteiger partial charge on any atom is 0.101 e. The standard InChI is InChI=1S/C17H12N4/c1-12-16(3-2-6-20-12)15-9-14(10-18)17(21-11-15)13-4-7-19-8-5-13/h2-9,11H,1H3. The number of hydrogen-bond acceptors (Lipinski definition) is 4. The first-order chi connectivity index (χ1) is 10.3. The Morgan fingerprint density at radius 3 is 2.52 bits per heavy atom. The van der Waals surface area contributed by atoms with E-state index in [0.29, 0.717) is 11.3 Å². The summed E-state index contributed by atoms with van der Waals surface area (Å²) in [5.41, 5.74) is 4.90. The second-order valence-electron chi connectivity index (χ2n) is 4.60. The molecule has 0 saturated carbocycles. The molecule has 0 N–H and O–H groups in total. The molecule has 0 atom stereocenters. The molecule has 3 rings (SSSR count). The van der Waals surface area contributed by atoms with Crippen molar-refractivity contribution in [1.82, 2.24) is 15.0 Å². The van der Waals surface area contributed by atoms with Crippen molar-refractivity contribution in [3.05, 3.63) is 66.4 Å². The van der Waals surface area contributed by atoms with Gasteiger partial charge in [0, 0.05) is 47.2 Å². The molecule has 21 heavy (non-hydrogen) atoms. The molecule has 0 aliphatic rings. The summed E-state index contributed by atoms with van der Waals surface area (Å²) < 4.78 is 0. The van der Waals surface area contributed by atoms with Gasteiger partial charge in [-0.05, 0) is 31.2 Å². The van der Waals surface area contributed by atoms with Crippen LogP contribution in [0.5, 0.6) is 0 Å².